The van der Waals surface area contributed by atoms with E-state index < -0.39 is 6.10 Å². The zero-order chi connectivity index (χ0) is 18.2. The normalized spacial score (nSPS) is 29.1. The summed E-state index contributed by atoms with van der Waals surface area (Å²) in [5.74, 6) is 0.309. The lowest BCUT2D eigenvalue weighted by Crippen LogP contribution is -2.47. The van der Waals surface area contributed by atoms with Crippen LogP contribution in [0.1, 0.15) is 25.7 Å². The molecule has 0 aromatic heterocycles. The van der Waals surface area contributed by atoms with Crippen molar-refractivity contribution in [1.29, 1.82) is 0 Å². The van der Waals surface area contributed by atoms with E-state index in [1.54, 1.807) is 12.0 Å². The van der Waals surface area contributed by atoms with E-state index >= 15 is 0 Å². The predicted octanol–water partition coefficient (Wildman–Crippen LogP) is -0.204. The van der Waals surface area contributed by atoms with Gasteiger partial charge in [-0.05, 0) is 38.8 Å². The lowest BCUT2D eigenvalue weighted by molar-refractivity contribution is -0.137. The van der Waals surface area contributed by atoms with E-state index in [4.69, 9.17) is 19.4 Å². The Morgan fingerprint density at radius 2 is 1.76 bits per heavy atom. The summed E-state index contributed by atoms with van der Waals surface area (Å²) in [6, 6.07) is 0.635. The number of hydrogen-bond donors (Lipinski definition) is 2. The van der Waals surface area contributed by atoms with Crippen molar-refractivity contribution >= 4 is 12.4 Å². The number of aliphatic hydroxyl groups excluding tert-OH is 1. The average molecular weight is 358 g/mol. The van der Waals surface area contributed by atoms with Gasteiger partial charge in [0.05, 0.1) is 6.10 Å². The third-order valence-electron chi connectivity index (χ3n) is 5.44. The first-order chi connectivity index (χ1) is 12.1. The van der Waals surface area contributed by atoms with Crippen LogP contribution in [0.15, 0.2) is 0 Å². The fraction of sp³-hybridized carbons (Fsp3) is 0.882. The fourth-order valence-electron chi connectivity index (χ4n) is 3.99. The minimum Gasteiger partial charge on any atom is -0.483 e. The van der Waals surface area contributed by atoms with Crippen LogP contribution in [-0.4, -0.2) is 97.1 Å². The molecule has 0 saturated carbocycles. The van der Waals surface area contributed by atoms with Crippen molar-refractivity contribution in [3.05, 3.63) is 0 Å². The molecule has 3 aliphatic rings. The van der Waals surface area contributed by atoms with Crippen molar-refractivity contribution in [2.75, 3.05) is 46.5 Å². The smallest absolute Gasteiger partial charge is 0.290 e. The van der Waals surface area contributed by atoms with Crippen molar-refractivity contribution in [2.24, 2.45) is 5.92 Å². The molecule has 1 amide bonds. The molecule has 0 radical (unpaired) electrons. The Bertz CT molecular complexity index is 421. The topological polar surface area (TPSA) is 99.5 Å². The number of methoxy groups -OCH3 is 1. The summed E-state index contributed by atoms with van der Waals surface area (Å²) in [7, 11) is 1.59. The monoisotopic (exact) mass is 358 g/mol. The maximum absolute atomic E-state index is 12.6. The van der Waals surface area contributed by atoms with Gasteiger partial charge in [-0.1, -0.05) is 0 Å². The number of nitrogens with zero attached hydrogens (tertiary/aromatic N) is 2. The van der Waals surface area contributed by atoms with Gasteiger partial charge < -0.3 is 29.5 Å². The Kier molecular flexibility index (Phi) is 8.08. The summed E-state index contributed by atoms with van der Waals surface area (Å²) in [6.07, 6.45) is 3.32. The van der Waals surface area contributed by atoms with Crippen LogP contribution in [0, 0.1) is 5.92 Å². The van der Waals surface area contributed by atoms with Crippen LogP contribution >= 0.6 is 0 Å². The molecular formula is C17H30N2O6. The van der Waals surface area contributed by atoms with E-state index in [1.807, 2.05) is 0 Å². The van der Waals surface area contributed by atoms with Crippen LogP contribution in [-0.2, 0) is 19.1 Å². The van der Waals surface area contributed by atoms with Gasteiger partial charge in [-0.3, -0.25) is 9.59 Å². The zero-order valence-electron chi connectivity index (χ0n) is 14.9. The van der Waals surface area contributed by atoms with E-state index in [0.717, 1.165) is 52.0 Å². The number of rotatable bonds is 3. The third kappa shape index (κ3) is 5.37. The molecule has 0 bridgehead atoms. The first-order valence-electron chi connectivity index (χ1n) is 9.00. The first-order valence-corrected chi connectivity index (χ1v) is 9.00. The number of β-amino-alcohol motifs (C(OH)–C–C–N with tert-alkyl or cyclic N) is 1. The molecule has 2 N–H and O–H groups in total. The van der Waals surface area contributed by atoms with Crippen molar-refractivity contribution in [3.63, 3.8) is 0 Å². The molecule has 144 valence electrons. The molecule has 0 unspecified atom stereocenters. The minimum absolute atomic E-state index is 0.110. The summed E-state index contributed by atoms with van der Waals surface area (Å²) < 4.78 is 10.6. The van der Waals surface area contributed by atoms with Gasteiger partial charge in [-0.25, -0.2) is 0 Å². The maximum atomic E-state index is 12.6. The number of amides is 1. The number of hydrogen-bond acceptors (Lipinski definition) is 6. The standard InChI is InChI=1S/C16H28N2O4.CH2O2/c1-21-15-11-18(10-14(15)19)16(20)12-2-6-17(7-3-12)13-4-8-22-9-5-13;2-1-3/h12-15,19H,2-11H2,1H3;1H,(H,2,3)/t14-,15-;/m0./s1. The van der Waals surface area contributed by atoms with E-state index in [2.05, 4.69) is 4.90 Å². The summed E-state index contributed by atoms with van der Waals surface area (Å²) in [4.78, 5) is 25.3. The van der Waals surface area contributed by atoms with Gasteiger partial charge in [0, 0.05) is 45.4 Å². The molecule has 8 heteroatoms. The molecule has 3 heterocycles. The van der Waals surface area contributed by atoms with Crippen LogP contribution in [0.25, 0.3) is 0 Å². The van der Waals surface area contributed by atoms with Gasteiger partial charge in [-0.15, -0.1) is 0 Å². The second-order valence-corrected chi connectivity index (χ2v) is 6.84. The maximum Gasteiger partial charge on any atom is 0.290 e. The lowest BCUT2D eigenvalue weighted by Gasteiger charge is -2.39. The van der Waals surface area contributed by atoms with E-state index in [-0.39, 0.29) is 24.4 Å². The van der Waals surface area contributed by atoms with Crippen LogP contribution in [0.3, 0.4) is 0 Å². The highest BCUT2D eigenvalue weighted by molar-refractivity contribution is 5.79. The van der Waals surface area contributed by atoms with Gasteiger partial charge in [0.1, 0.15) is 6.10 Å². The lowest BCUT2D eigenvalue weighted by atomic mass is 9.93. The van der Waals surface area contributed by atoms with Crippen molar-refractivity contribution in [2.45, 2.75) is 43.9 Å². The molecule has 3 aliphatic heterocycles. The minimum atomic E-state index is -0.545. The molecule has 25 heavy (non-hydrogen) atoms. The number of carboxylic acid groups (broad SMARTS) is 1. The molecular weight excluding hydrogens is 328 g/mol. The summed E-state index contributed by atoms with van der Waals surface area (Å²) in [6.45, 7) is 4.44. The van der Waals surface area contributed by atoms with Crippen molar-refractivity contribution in [3.8, 4) is 0 Å². The first kappa shape index (κ1) is 20.1. The van der Waals surface area contributed by atoms with Crippen LogP contribution in [0.4, 0.5) is 0 Å². The average Bonchev–Trinajstić information content (AvgIpc) is 3.03. The zero-order valence-corrected chi connectivity index (χ0v) is 14.9. The number of ether oxygens (including phenoxy) is 2. The summed E-state index contributed by atoms with van der Waals surface area (Å²) in [5.41, 5.74) is 0. The predicted molar refractivity (Wildman–Crippen MR) is 90.2 cm³/mol. The molecule has 3 saturated heterocycles. The molecule has 2 atom stereocenters. The highest BCUT2D eigenvalue weighted by Crippen LogP contribution is 2.26. The molecule has 3 fully saturated rings. The number of carbonyl (C=O) groups excluding carboxylic acids is 1. The summed E-state index contributed by atoms with van der Waals surface area (Å²) in [5, 5.41) is 16.8. The Balaban J connectivity index is 0.000000701. The second-order valence-electron chi connectivity index (χ2n) is 6.84. The van der Waals surface area contributed by atoms with Gasteiger partial charge in [0.25, 0.3) is 6.47 Å². The van der Waals surface area contributed by atoms with Gasteiger partial charge in [0.15, 0.2) is 0 Å². The van der Waals surface area contributed by atoms with E-state index in [1.165, 1.54) is 0 Å². The molecule has 8 nitrogen and oxygen atoms in total. The number of likely N-dealkylation sites (tertiary alicyclic amines) is 2. The Morgan fingerprint density at radius 1 is 1.16 bits per heavy atom. The molecule has 3 rings (SSSR count). The van der Waals surface area contributed by atoms with Crippen molar-refractivity contribution in [1.82, 2.24) is 9.80 Å². The van der Waals surface area contributed by atoms with Crippen molar-refractivity contribution < 1.29 is 29.3 Å². The van der Waals surface area contributed by atoms with Crippen LogP contribution in [0.5, 0.6) is 0 Å². The van der Waals surface area contributed by atoms with E-state index in [9.17, 15) is 9.90 Å². The Morgan fingerprint density at radius 3 is 2.28 bits per heavy atom. The molecule has 0 aromatic rings. The van der Waals surface area contributed by atoms with E-state index in [0.29, 0.717) is 19.1 Å². The SMILES string of the molecule is CO[C@H]1CN(C(=O)C2CCN(C3CCOCC3)CC2)C[C@@H]1O.O=CO. The Labute approximate surface area is 148 Å². The number of aliphatic hydroxyl groups is 1. The van der Waals surface area contributed by atoms with Gasteiger partial charge >= 0.3 is 0 Å². The number of piperidine rings is 1. The van der Waals surface area contributed by atoms with Crippen LogP contribution < -0.4 is 0 Å². The fourth-order valence-corrected chi connectivity index (χ4v) is 3.99. The second kappa shape index (κ2) is 10.1. The number of carbonyl (C=O) groups is 2. The van der Waals surface area contributed by atoms with Gasteiger partial charge in [-0.2, -0.15) is 0 Å². The molecule has 0 aliphatic carbocycles. The quantitative estimate of drug-likeness (QED) is 0.674. The third-order valence-corrected chi connectivity index (χ3v) is 5.44. The highest BCUT2D eigenvalue weighted by atomic mass is 16.5. The van der Waals surface area contributed by atoms with Gasteiger partial charge in [0.2, 0.25) is 5.91 Å². The molecule has 0 aromatic carbocycles. The molecule has 0 spiro atoms. The highest BCUT2D eigenvalue weighted by Gasteiger charge is 2.38. The summed E-state index contributed by atoms with van der Waals surface area (Å²) >= 11 is 0. The van der Waals surface area contributed by atoms with Crippen LogP contribution in [0.2, 0.25) is 0 Å². The largest absolute Gasteiger partial charge is 0.483 e. The Hall–Kier alpha value is -1.22.